The lowest BCUT2D eigenvalue weighted by Crippen LogP contribution is -2.37. The van der Waals surface area contributed by atoms with Crippen molar-refractivity contribution in [2.24, 2.45) is 0 Å². The number of aromatic nitrogens is 7. The molecule has 1 aliphatic heterocycles. The second kappa shape index (κ2) is 8.80. The van der Waals surface area contributed by atoms with Gasteiger partial charge in [0, 0.05) is 43.8 Å². The fourth-order valence-electron chi connectivity index (χ4n) is 4.43. The summed E-state index contributed by atoms with van der Waals surface area (Å²) in [6.45, 7) is 5.28. The van der Waals surface area contributed by atoms with Gasteiger partial charge in [0.25, 0.3) is 11.5 Å². The number of ether oxygens (including phenoxy) is 1. The molecule has 176 valence electrons. The highest BCUT2D eigenvalue weighted by Crippen LogP contribution is 2.30. The summed E-state index contributed by atoms with van der Waals surface area (Å²) in [5, 5.41) is 3.06. The third-order valence-corrected chi connectivity index (χ3v) is 6.19. The minimum Gasteiger partial charge on any atom is -0.378 e. The van der Waals surface area contributed by atoms with Crippen LogP contribution in [0.15, 0.2) is 65.8 Å². The number of fused-ring (bicyclic) bond motifs is 1. The van der Waals surface area contributed by atoms with Crippen LogP contribution >= 0.6 is 0 Å². The largest absolute Gasteiger partial charge is 0.378 e. The molecule has 0 atom stereocenters. The van der Waals surface area contributed by atoms with E-state index in [2.05, 4.69) is 21.9 Å². The minimum absolute atomic E-state index is 0.208. The van der Waals surface area contributed by atoms with Crippen molar-refractivity contribution in [1.29, 1.82) is 0 Å². The summed E-state index contributed by atoms with van der Waals surface area (Å²) >= 11 is 0. The zero-order chi connectivity index (χ0) is 23.8. The topological polar surface area (TPSA) is 107 Å². The number of aromatic amines is 1. The van der Waals surface area contributed by atoms with Gasteiger partial charge in [-0.3, -0.25) is 14.9 Å². The van der Waals surface area contributed by atoms with Crippen LogP contribution in [0.1, 0.15) is 6.92 Å². The van der Waals surface area contributed by atoms with Crippen LogP contribution in [-0.2, 0) is 11.3 Å². The van der Waals surface area contributed by atoms with E-state index < -0.39 is 0 Å². The Morgan fingerprint density at radius 3 is 2.49 bits per heavy atom. The summed E-state index contributed by atoms with van der Waals surface area (Å²) in [6, 6.07) is 13.4. The smallest absolute Gasteiger partial charge is 0.281 e. The molecule has 5 heterocycles. The van der Waals surface area contributed by atoms with Gasteiger partial charge < -0.3 is 14.2 Å². The number of nitrogens with one attached hydrogen (secondary N) is 1. The maximum Gasteiger partial charge on any atom is 0.281 e. The number of H-pyrrole nitrogens is 1. The molecular formula is C25H24N8O2. The van der Waals surface area contributed by atoms with Crippen LogP contribution in [0.4, 0.5) is 5.82 Å². The molecule has 0 aliphatic carbocycles. The Hall–Kier alpha value is -4.31. The maximum absolute atomic E-state index is 13.4. The average Bonchev–Trinajstić information content (AvgIpc) is 3.50. The number of anilines is 1. The Bertz CT molecular complexity index is 1530. The molecule has 0 spiro atoms. The number of hydrogen-bond acceptors (Lipinski definition) is 7. The molecule has 1 N–H and O–H groups in total. The van der Waals surface area contributed by atoms with Crippen LogP contribution in [0.25, 0.3) is 39.6 Å². The Morgan fingerprint density at radius 1 is 0.971 bits per heavy atom. The predicted octanol–water partition coefficient (Wildman–Crippen LogP) is 2.89. The number of rotatable bonds is 5. The van der Waals surface area contributed by atoms with Gasteiger partial charge in [0.05, 0.1) is 18.8 Å². The molecule has 1 fully saturated rings. The molecule has 10 nitrogen and oxygen atoms in total. The summed E-state index contributed by atoms with van der Waals surface area (Å²) in [7, 11) is 0. The zero-order valence-electron chi connectivity index (χ0n) is 19.3. The fourth-order valence-corrected chi connectivity index (χ4v) is 4.43. The van der Waals surface area contributed by atoms with Crippen molar-refractivity contribution in [2.45, 2.75) is 13.5 Å². The van der Waals surface area contributed by atoms with Crippen LogP contribution in [0.2, 0.25) is 0 Å². The van der Waals surface area contributed by atoms with E-state index in [0.717, 1.165) is 17.0 Å². The zero-order valence-corrected chi connectivity index (χ0v) is 19.3. The van der Waals surface area contributed by atoms with Crippen LogP contribution in [0.3, 0.4) is 0 Å². The van der Waals surface area contributed by atoms with Crippen molar-refractivity contribution in [3.05, 3.63) is 71.4 Å². The van der Waals surface area contributed by atoms with Gasteiger partial charge in [-0.05, 0) is 24.6 Å². The van der Waals surface area contributed by atoms with Crippen molar-refractivity contribution < 1.29 is 4.74 Å². The molecule has 10 heteroatoms. The second-order valence-corrected chi connectivity index (χ2v) is 8.23. The van der Waals surface area contributed by atoms with Crippen molar-refractivity contribution in [2.75, 3.05) is 31.2 Å². The second-order valence-electron chi connectivity index (χ2n) is 8.23. The first kappa shape index (κ1) is 21.2. The van der Waals surface area contributed by atoms with Gasteiger partial charge in [-0.2, -0.15) is 14.6 Å². The monoisotopic (exact) mass is 468 g/mol. The van der Waals surface area contributed by atoms with E-state index in [4.69, 9.17) is 19.7 Å². The number of imidazole rings is 1. The lowest BCUT2D eigenvalue weighted by atomic mass is 10.1. The lowest BCUT2D eigenvalue weighted by Gasteiger charge is -2.28. The number of morpholine rings is 1. The number of benzene rings is 1. The number of nitrogens with zero attached hydrogens (tertiary/aromatic N) is 7. The van der Waals surface area contributed by atoms with Gasteiger partial charge in [0.15, 0.2) is 17.0 Å². The minimum atomic E-state index is -0.208. The third-order valence-electron chi connectivity index (χ3n) is 6.19. The number of pyridine rings is 1. The molecule has 6 rings (SSSR count). The highest BCUT2D eigenvalue weighted by atomic mass is 16.5. The first-order valence-corrected chi connectivity index (χ1v) is 11.6. The van der Waals surface area contributed by atoms with Crippen molar-refractivity contribution in [3.8, 4) is 28.5 Å². The van der Waals surface area contributed by atoms with E-state index in [-0.39, 0.29) is 11.5 Å². The molecule has 35 heavy (non-hydrogen) atoms. The van der Waals surface area contributed by atoms with E-state index in [0.29, 0.717) is 55.4 Å². The highest BCUT2D eigenvalue weighted by molar-refractivity contribution is 5.87. The van der Waals surface area contributed by atoms with Crippen molar-refractivity contribution in [1.82, 2.24) is 34.3 Å². The van der Waals surface area contributed by atoms with Gasteiger partial charge in [-0.25, -0.2) is 4.98 Å². The SMILES string of the molecule is CCn1c(-c2ccncc2)nc2c(N3CCOCC3)nc(-n3[nH]cc(-c4ccccc4)c3=O)nc21. The molecule has 4 aromatic heterocycles. The van der Waals surface area contributed by atoms with Gasteiger partial charge in [-0.15, -0.1) is 0 Å². The van der Waals surface area contributed by atoms with Crippen LogP contribution in [-0.4, -0.2) is 60.6 Å². The first-order valence-electron chi connectivity index (χ1n) is 11.6. The van der Waals surface area contributed by atoms with Crippen molar-refractivity contribution in [3.63, 3.8) is 0 Å². The Labute approximate surface area is 200 Å². The molecule has 0 unspecified atom stereocenters. The summed E-state index contributed by atoms with van der Waals surface area (Å²) in [4.78, 5) is 34.3. The summed E-state index contributed by atoms with van der Waals surface area (Å²) in [6.07, 6.45) is 5.19. The van der Waals surface area contributed by atoms with Crippen LogP contribution in [0.5, 0.6) is 0 Å². The molecule has 1 saturated heterocycles. The normalized spacial score (nSPS) is 14.0. The lowest BCUT2D eigenvalue weighted by molar-refractivity contribution is 0.122. The number of hydrogen-bond donors (Lipinski definition) is 1. The molecule has 0 bridgehead atoms. The average molecular weight is 469 g/mol. The van der Waals surface area contributed by atoms with Gasteiger partial charge in [0.2, 0.25) is 0 Å². The van der Waals surface area contributed by atoms with Gasteiger partial charge in [-0.1, -0.05) is 30.3 Å². The van der Waals surface area contributed by atoms with Gasteiger partial charge in [0.1, 0.15) is 5.82 Å². The summed E-state index contributed by atoms with van der Waals surface area (Å²) in [5.74, 6) is 1.76. The molecule has 1 aliphatic rings. The highest BCUT2D eigenvalue weighted by Gasteiger charge is 2.24. The van der Waals surface area contributed by atoms with Crippen molar-refractivity contribution >= 4 is 17.0 Å². The molecule has 1 aromatic carbocycles. The van der Waals surface area contributed by atoms with E-state index in [1.165, 1.54) is 4.68 Å². The summed E-state index contributed by atoms with van der Waals surface area (Å²) in [5.41, 5.74) is 3.50. The van der Waals surface area contributed by atoms with E-state index in [1.54, 1.807) is 18.6 Å². The van der Waals surface area contributed by atoms with E-state index >= 15 is 0 Å². The maximum atomic E-state index is 13.4. The Morgan fingerprint density at radius 2 is 1.74 bits per heavy atom. The predicted molar refractivity (Wildman–Crippen MR) is 133 cm³/mol. The fraction of sp³-hybridized carbons (Fsp3) is 0.240. The quantitative estimate of drug-likeness (QED) is 0.423. The molecule has 0 saturated carbocycles. The molecular weight excluding hydrogens is 444 g/mol. The number of aryl methyl sites for hydroxylation is 1. The molecule has 0 amide bonds. The van der Waals surface area contributed by atoms with E-state index in [9.17, 15) is 4.79 Å². The van der Waals surface area contributed by atoms with E-state index in [1.807, 2.05) is 47.0 Å². The van der Waals surface area contributed by atoms with Crippen LogP contribution < -0.4 is 10.5 Å². The summed E-state index contributed by atoms with van der Waals surface area (Å²) < 4.78 is 9.00. The van der Waals surface area contributed by atoms with Gasteiger partial charge >= 0.3 is 0 Å². The molecule has 0 radical (unpaired) electrons. The third kappa shape index (κ3) is 3.68. The van der Waals surface area contributed by atoms with Crippen LogP contribution in [0, 0.1) is 0 Å². The standard InChI is InChI=1S/C25H24N8O2/c1-2-32-21(18-8-10-26-11-9-18)28-20-22(31-12-14-35-15-13-31)29-25(30-23(20)32)33-24(34)19(16-27-33)17-6-4-3-5-7-17/h3-11,16,27H,2,12-15H2,1H3. The Kier molecular flexibility index (Phi) is 5.34. The molecule has 5 aromatic rings. The Balaban J connectivity index is 1.57. The first-order chi connectivity index (χ1) is 17.2.